The minimum absolute atomic E-state index is 0.0811. The molecule has 5 nitrogen and oxygen atoms in total. The summed E-state index contributed by atoms with van der Waals surface area (Å²) in [6.07, 6.45) is 3.06. The number of rotatable bonds is 6. The summed E-state index contributed by atoms with van der Waals surface area (Å²) in [6.45, 7) is 3.56. The van der Waals surface area contributed by atoms with E-state index in [1.54, 1.807) is 6.08 Å². The Labute approximate surface area is 118 Å². The number of carboxylic acid groups (broad SMARTS) is 1. The predicted molar refractivity (Wildman–Crippen MR) is 76.5 cm³/mol. The van der Waals surface area contributed by atoms with Gasteiger partial charge in [0.2, 0.25) is 5.91 Å². The van der Waals surface area contributed by atoms with Crippen LogP contribution in [-0.4, -0.2) is 41.6 Å². The Morgan fingerprint density at radius 2 is 2.10 bits per heavy atom. The van der Waals surface area contributed by atoms with Crippen molar-refractivity contribution in [3.63, 3.8) is 0 Å². The zero-order chi connectivity index (χ0) is 15.1. The van der Waals surface area contributed by atoms with Crippen molar-refractivity contribution in [2.75, 3.05) is 13.6 Å². The molecule has 5 heteroatoms. The van der Waals surface area contributed by atoms with Gasteiger partial charge in [0.15, 0.2) is 0 Å². The summed E-state index contributed by atoms with van der Waals surface area (Å²) >= 11 is 0. The highest BCUT2D eigenvalue weighted by atomic mass is 16.5. The van der Waals surface area contributed by atoms with E-state index in [0.717, 1.165) is 16.2 Å². The van der Waals surface area contributed by atoms with Gasteiger partial charge in [-0.1, -0.05) is 12.1 Å². The largest absolute Gasteiger partial charge is 0.491 e. The van der Waals surface area contributed by atoms with Crippen LogP contribution in [0, 0.1) is 0 Å². The standard InChI is InChI=1S/C15H19NO4/c1-11(2)20-13-6-4-5-12(9-13)7-8-14(17)16(3)10-15(18)19/h4-9,11H,10H2,1-3H3,(H,18,19)/b8-7+. The molecule has 0 fully saturated rings. The summed E-state index contributed by atoms with van der Waals surface area (Å²) in [4.78, 5) is 23.3. The van der Waals surface area contributed by atoms with Gasteiger partial charge in [-0.3, -0.25) is 9.59 Å². The summed E-state index contributed by atoms with van der Waals surface area (Å²) < 4.78 is 5.55. The predicted octanol–water partition coefficient (Wildman–Crippen LogP) is 2.03. The number of ether oxygens (including phenoxy) is 1. The molecule has 0 saturated heterocycles. The number of hydrogen-bond acceptors (Lipinski definition) is 3. The molecular weight excluding hydrogens is 258 g/mol. The van der Waals surface area contributed by atoms with Gasteiger partial charge in [0, 0.05) is 13.1 Å². The number of hydrogen-bond donors (Lipinski definition) is 1. The van der Waals surface area contributed by atoms with Gasteiger partial charge in [-0.15, -0.1) is 0 Å². The van der Waals surface area contributed by atoms with Crippen LogP contribution in [0.1, 0.15) is 19.4 Å². The maximum absolute atomic E-state index is 11.7. The summed E-state index contributed by atoms with van der Waals surface area (Å²) in [5.74, 6) is -0.669. The molecule has 0 aromatic heterocycles. The van der Waals surface area contributed by atoms with Crippen molar-refractivity contribution >= 4 is 18.0 Å². The lowest BCUT2D eigenvalue weighted by molar-refractivity contribution is -0.141. The van der Waals surface area contributed by atoms with Gasteiger partial charge in [-0.2, -0.15) is 0 Å². The van der Waals surface area contributed by atoms with Crippen LogP contribution >= 0.6 is 0 Å². The summed E-state index contributed by atoms with van der Waals surface area (Å²) in [6, 6.07) is 7.34. The van der Waals surface area contributed by atoms with Crippen molar-refractivity contribution in [2.24, 2.45) is 0 Å². The first-order valence-corrected chi connectivity index (χ1v) is 6.30. The molecule has 0 atom stereocenters. The number of nitrogens with zero attached hydrogens (tertiary/aromatic N) is 1. The average molecular weight is 277 g/mol. The number of likely N-dealkylation sites (N-methyl/N-ethyl adjacent to an activating group) is 1. The van der Waals surface area contributed by atoms with Gasteiger partial charge in [-0.05, 0) is 37.6 Å². The number of carbonyl (C=O) groups excluding carboxylic acids is 1. The van der Waals surface area contributed by atoms with Crippen molar-refractivity contribution in [1.29, 1.82) is 0 Å². The van der Waals surface area contributed by atoms with Crippen LogP contribution in [0.3, 0.4) is 0 Å². The van der Waals surface area contributed by atoms with E-state index in [0.29, 0.717) is 0 Å². The molecule has 0 bridgehead atoms. The van der Waals surface area contributed by atoms with Crippen LogP contribution in [0.4, 0.5) is 0 Å². The second-order valence-electron chi connectivity index (χ2n) is 4.66. The monoisotopic (exact) mass is 277 g/mol. The SMILES string of the molecule is CC(C)Oc1cccc(/C=C/C(=O)N(C)CC(=O)O)c1. The molecule has 20 heavy (non-hydrogen) atoms. The highest BCUT2D eigenvalue weighted by molar-refractivity contribution is 5.93. The van der Waals surface area contributed by atoms with Crippen LogP contribution in [0.2, 0.25) is 0 Å². The second kappa shape index (κ2) is 7.33. The van der Waals surface area contributed by atoms with Crippen molar-refractivity contribution in [3.8, 4) is 5.75 Å². The molecule has 1 aromatic rings. The third kappa shape index (κ3) is 5.56. The molecule has 0 aliphatic carbocycles. The van der Waals surface area contributed by atoms with E-state index in [1.807, 2.05) is 38.1 Å². The number of carbonyl (C=O) groups is 2. The molecule has 0 radical (unpaired) electrons. The molecular formula is C15H19NO4. The number of aliphatic carboxylic acids is 1. The van der Waals surface area contributed by atoms with Crippen molar-refractivity contribution in [1.82, 2.24) is 4.90 Å². The van der Waals surface area contributed by atoms with E-state index < -0.39 is 5.97 Å². The zero-order valence-corrected chi connectivity index (χ0v) is 11.9. The first-order valence-electron chi connectivity index (χ1n) is 6.30. The Balaban J connectivity index is 2.70. The molecule has 1 amide bonds. The van der Waals surface area contributed by atoms with Crippen LogP contribution < -0.4 is 4.74 Å². The number of carboxylic acids is 1. The average Bonchev–Trinajstić information content (AvgIpc) is 2.34. The summed E-state index contributed by atoms with van der Waals surface area (Å²) in [5.41, 5.74) is 0.820. The van der Waals surface area contributed by atoms with E-state index in [4.69, 9.17) is 9.84 Å². The third-order valence-electron chi connectivity index (χ3n) is 2.40. The minimum Gasteiger partial charge on any atom is -0.491 e. The highest BCUT2D eigenvalue weighted by Crippen LogP contribution is 2.15. The quantitative estimate of drug-likeness (QED) is 0.808. The van der Waals surface area contributed by atoms with Gasteiger partial charge in [0.25, 0.3) is 0 Å². The topological polar surface area (TPSA) is 66.8 Å². The number of amides is 1. The molecule has 1 aromatic carbocycles. The molecule has 0 aliphatic heterocycles. The van der Waals surface area contributed by atoms with Crippen molar-refractivity contribution in [3.05, 3.63) is 35.9 Å². The van der Waals surface area contributed by atoms with E-state index in [1.165, 1.54) is 13.1 Å². The Hall–Kier alpha value is -2.30. The normalized spacial score (nSPS) is 10.8. The Kier molecular flexibility index (Phi) is 5.77. The second-order valence-corrected chi connectivity index (χ2v) is 4.66. The first-order chi connectivity index (χ1) is 9.38. The van der Waals surface area contributed by atoms with E-state index >= 15 is 0 Å². The summed E-state index contributed by atoms with van der Waals surface area (Å²) in [7, 11) is 1.44. The minimum atomic E-state index is -1.04. The fourth-order valence-corrected chi connectivity index (χ4v) is 1.54. The zero-order valence-electron chi connectivity index (χ0n) is 11.9. The highest BCUT2D eigenvalue weighted by Gasteiger charge is 2.08. The molecule has 0 saturated carbocycles. The van der Waals surface area contributed by atoms with Crippen molar-refractivity contribution < 1.29 is 19.4 Å². The third-order valence-corrected chi connectivity index (χ3v) is 2.40. The van der Waals surface area contributed by atoms with Crippen LogP contribution in [0.15, 0.2) is 30.3 Å². The summed E-state index contributed by atoms with van der Waals surface area (Å²) in [5, 5.41) is 8.60. The Morgan fingerprint density at radius 1 is 1.40 bits per heavy atom. The first kappa shape index (κ1) is 15.8. The maximum atomic E-state index is 11.7. The Bertz CT molecular complexity index is 508. The van der Waals surface area contributed by atoms with E-state index in [9.17, 15) is 9.59 Å². The van der Waals surface area contributed by atoms with E-state index in [-0.39, 0.29) is 18.6 Å². The van der Waals surface area contributed by atoms with Crippen LogP contribution in [0.5, 0.6) is 5.75 Å². The lowest BCUT2D eigenvalue weighted by Gasteiger charge is -2.11. The van der Waals surface area contributed by atoms with Gasteiger partial charge >= 0.3 is 5.97 Å². The van der Waals surface area contributed by atoms with Gasteiger partial charge in [0.05, 0.1) is 6.10 Å². The van der Waals surface area contributed by atoms with Crippen LogP contribution in [0.25, 0.3) is 6.08 Å². The smallest absolute Gasteiger partial charge is 0.323 e. The fourth-order valence-electron chi connectivity index (χ4n) is 1.54. The Morgan fingerprint density at radius 3 is 2.70 bits per heavy atom. The molecule has 0 unspecified atom stereocenters. The van der Waals surface area contributed by atoms with Crippen molar-refractivity contribution in [2.45, 2.75) is 20.0 Å². The molecule has 108 valence electrons. The lowest BCUT2D eigenvalue weighted by atomic mass is 10.2. The molecule has 1 rings (SSSR count). The maximum Gasteiger partial charge on any atom is 0.323 e. The molecule has 0 aliphatic rings. The van der Waals surface area contributed by atoms with Gasteiger partial charge in [0.1, 0.15) is 12.3 Å². The van der Waals surface area contributed by atoms with Gasteiger partial charge < -0.3 is 14.7 Å². The number of benzene rings is 1. The fraction of sp³-hybridized carbons (Fsp3) is 0.333. The van der Waals surface area contributed by atoms with Crippen LogP contribution in [-0.2, 0) is 9.59 Å². The van der Waals surface area contributed by atoms with E-state index in [2.05, 4.69) is 0 Å². The lowest BCUT2D eigenvalue weighted by Crippen LogP contribution is -2.30. The molecule has 1 N–H and O–H groups in total. The molecule has 0 heterocycles. The molecule has 0 spiro atoms. The van der Waals surface area contributed by atoms with Gasteiger partial charge in [-0.25, -0.2) is 0 Å².